The van der Waals surface area contributed by atoms with E-state index in [0.717, 1.165) is 9.87 Å². The van der Waals surface area contributed by atoms with Gasteiger partial charge in [0.25, 0.3) is 15.9 Å². The number of ether oxygens (including phenoxy) is 1. The molecule has 0 fully saturated rings. The van der Waals surface area contributed by atoms with Crippen LogP contribution in [0.4, 0.5) is 11.4 Å². The second-order valence-electron chi connectivity index (χ2n) is 8.11. The van der Waals surface area contributed by atoms with Gasteiger partial charge in [-0.05, 0) is 48.4 Å². The van der Waals surface area contributed by atoms with E-state index in [1.165, 1.54) is 38.1 Å². The molecule has 0 unspecified atom stereocenters. The highest BCUT2D eigenvalue weighted by Gasteiger charge is 2.25. The molecule has 184 valence electrons. The molecule has 0 saturated heterocycles. The van der Waals surface area contributed by atoms with Gasteiger partial charge in [-0.3, -0.25) is 13.9 Å². The molecule has 0 saturated carbocycles. The molecule has 0 aliphatic heterocycles. The van der Waals surface area contributed by atoms with E-state index in [1.807, 2.05) is 12.1 Å². The first kappa shape index (κ1) is 25.8. The lowest BCUT2D eigenvalue weighted by atomic mass is 10.1. The van der Waals surface area contributed by atoms with E-state index in [9.17, 15) is 18.0 Å². The number of nitrogens with zero attached hydrogens (tertiary/aromatic N) is 2. The lowest BCUT2D eigenvalue weighted by Crippen LogP contribution is -2.27. The molecule has 0 aliphatic carbocycles. The molecule has 0 atom stereocenters. The zero-order valence-electron chi connectivity index (χ0n) is 20.4. The molecule has 9 heteroatoms. The normalized spacial score (nSPS) is 11.0. The largest absolute Gasteiger partial charge is 0.495 e. The first-order chi connectivity index (χ1) is 16.6. The number of carbonyl (C=O) groups is 2. The summed E-state index contributed by atoms with van der Waals surface area (Å²) >= 11 is 0. The van der Waals surface area contributed by atoms with Crippen LogP contribution in [0.2, 0.25) is 0 Å². The third kappa shape index (κ3) is 5.63. The lowest BCUT2D eigenvalue weighted by Gasteiger charge is -2.22. The fraction of sp³-hybridized carbons (Fsp3) is 0.231. The summed E-state index contributed by atoms with van der Waals surface area (Å²) in [7, 11) is 0.614. The number of benzene rings is 3. The Bertz CT molecular complexity index is 1350. The molecule has 1 N–H and O–H groups in total. The van der Waals surface area contributed by atoms with E-state index in [4.69, 9.17) is 4.74 Å². The zero-order chi connectivity index (χ0) is 25.8. The van der Waals surface area contributed by atoms with E-state index >= 15 is 0 Å². The third-order valence-corrected chi connectivity index (χ3v) is 7.51. The Balaban J connectivity index is 1.93. The number of nitrogens with one attached hydrogen (secondary N) is 1. The molecular formula is C26H29N3O5S. The molecule has 3 aromatic carbocycles. The fourth-order valence-electron chi connectivity index (χ4n) is 3.52. The smallest absolute Gasteiger partial charge is 0.264 e. The Morgan fingerprint density at radius 3 is 2.31 bits per heavy atom. The number of carbonyl (C=O) groups excluding carboxylic acids is 2. The van der Waals surface area contributed by atoms with Gasteiger partial charge in [-0.1, -0.05) is 36.4 Å². The molecule has 3 aromatic rings. The van der Waals surface area contributed by atoms with Gasteiger partial charge >= 0.3 is 0 Å². The van der Waals surface area contributed by atoms with Crippen LogP contribution in [0.25, 0.3) is 0 Å². The van der Waals surface area contributed by atoms with Crippen LogP contribution in [0, 0.1) is 6.92 Å². The van der Waals surface area contributed by atoms with Gasteiger partial charge in [-0.25, -0.2) is 8.42 Å². The Morgan fingerprint density at radius 1 is 0.971 bits per heavy atom. The number of sulfonamides is 1. The summed E-state index contributed by atoms with van der Waals surface area (Å²) in [4.78, 5) is 26.4. The average Bonchev–Trinajstić information content (AvgIpc) is 2.84. The number of anilines is 2. The van der Waals surface area contributed by atoms with Crippen molar-refractivity contribution in [2.24, 2.45) is 0 Å². The van der Waals surface area contributed by atoms with Gasteiger partial charge in [-0.15, -0.1) is 0 Å². The Labute approximate surface area is 206 Å². The van der Waals surface area contributed by atoms with Crippen molar-refractivity contribution < 1.29 is 22.7 Å². The van der Waals surface area contributed by atoms with E-state index < -0.39 is 15.9 Å². The van der Waals surface area contributed by atoms with Crippen LogP contribution in [-0.2, 0) is 21.4 Å². The van der Waals surface area contributed by atoms with Crippen LogP contribution in [0.1, 0.15) is 28.4 Å². The van der Waals surface area contributed by atoms with Crippen LogP contribution in [-0.4, -0.2) is 46.3 Å². The molecule has 0 heterocycles. The van der Waals surface area contributed by atoms with Crippen molar-refractivity contribution in [1.29, 1.82) is 0 Å². The van der Waals surface area contributed by atoms with Crippen molar-refractivity contribution in [2.75, 3.05) is 30.8 Å². The molecule has 0 aliphatic rings. The van der Waals surface area contributed by atoms with Crippen molar-refractivity contribution in [2.45, 2.75) is 25.3 Å². The minimum Gasteiger partial charge on any atom is -0.495 e. The monoisotopic (exact) mass is 495 g/mol. The minimum absolute atomic E-state index is 0.0220. The Kier molecular flexibility index (Phi) is 7.81. The molecule has 35 heavy (non-hydrogen) atoms. The molecule has 0 radical (unpaired) electrons. The maximum atomic E-state index is 13.4. The van der Waals surface area contributed by atoms with Crippen molar-refractivity contribution in [1.82, 2.24) is 4.90 Å². The van der Waals surface area contributed by atoms with Gasteiger partial charge in [-0.2, -0.15) is 0 Å². The Morgan fingerprint density at radius 2 is 1.63 bits per heavy atom. The molecule has 0 aromatic heterocycles. The maximum absolute atomic E-state index is 13.4. The van der Waals surface area contributed by atoms with Crippen LogP contribution >= 0.6 is 0 Å². The summed E-state index contributed by atoms with van der Waals surface area (Å²) in [5, 5.41) is 2.86. The highest BCUT2D eigenvalue weighted by atomic mass is 32.2. The molecule has 8 nitrogen and oxygen atoms in total. The van der Waals surface area contributed by atoms with Crippen molar-refractivity contribution in [3.05, 3.63) is 83.4 Å². The predicted octanol–water partition coefficient (Wildman–Crippen LogP) is 4.06. The van der Waals surface area contributed by atoms with Crippen LogP contribution in [0.15, 0.2) is 71.6 Å². The van der Waals surface area contributed by atoms with Crippen molar-refractivity contribution in [3.8, 4) is 5.75 Å². The predicted molar refractivity (Wildman–Crippen MR) is 136 cm³/mol. The topological polar surface area (TPSA) is 96.0 Å². The second-order valence-corrected chi connectivity index (χ2v) is 10.1. The number of amides is 2. The molecular weight excluding hydrogens is 466 g/mol. The third-order valence-electron chi connectivity index (χ3n) is 5.75. The van der Waals surface area contributed by atoms with E-state index in [-0.39, 0.29) is 16.4 Å². The van der Waals surface area contributed by atoms with Crippen LogP contribution < -0.4 is 14.4 Å². The van der Waals surface area contributed by atoms with Crippen molar-refractivity contribution >= 4 is 33.2 Å². The van der Waals surface area contributed by atoms with E-state index in [1.54, 1.807) is 56.4 Å². The SMILES string of the molecule is COc1ccccc1N(C)S(=O)(=O)c1ccc(C)c(C(=O)Nc2ccccc2CN(C)C(C)=O)c1. The number of methoxy groups -OCH3 is 1. The minimum atomic E-state index is -3.97. The summed E-state index contributed by atoms with van der Waals surface area (Å²) < 4.78 is 33.2. The standard InChI is InChI=1S/C26H29N3O5S/c1-18-14-15-21(35(32,33)29(4)24-12-8-9-13-25(24)34-5)16-22(18)26(31)27-23-11-7-6-10-20(23)17-28(3)19(2)30/h6-16H,17H2,1-5H3,(H,27,31). The number of hydrogen-bond donors (Lipinski definition) is 1. The highest BCUT2D eigenvalue weighted by molar-refractivity contribution is 7.92. The Hall–Kier alpha value is -3.85. The summed E-state index contributed by atoms with van der Waals surface area (Å²) in [6, 6.07) is 18.4. The first-order valence-electron chi connectivity index (χ1n) is 10.9. The van der Waals surface area contributed by atoms with E-state index in [2.05, 4.69) is 5.32 Å². The van der Waals surface area contributed by atoms with Crippen molar-refractivity contribution in [3.63, 3.8) is 0 Å². The zero-order valence-corrected chi connectivity index (χ0v) is 21.2. The van der Waals surface area contributed by atoms with Crippen LogP contribution in [0.3, 0.4) is 0 Å². The first-order valence-corrected chi connectivity index (χ1v) is 12.3. The summed E-state index contributed by atoms with van der Waals surface area (Å²) in [6.07, 6.45) is 0. The molecule has 3 rings (SSSR count). The van der Waals surface area contributed by atoms with Gasteiger partial charge in [0.05, 0.1) is 17.7 Å². The highest BCUT2D eigenvalue weighted by Crippen LogP contribution is 2.31. The van der Waals surface area contributed by atoms with Gasteiger partial charge < -0.3 is 15.0 Å². The summed E-state index contributed by atoms with van der Waals surface area (Å²) in [6.45, 7) is 3.53. The fourth-order valence-corrected chi connectivity index (χ4v) is 4.75. The average molecular weight is 496 g/mol. The number of hydrogen-bond acceptors (Lipinski definition) is 5. The van der Waals surface area contributed by atoms with Gasteiger partial charge in [0, 0.05) is 38.8 Å². The maximum Gasteiger partial charge on any atom is 0.264 e. The lowest BCUT2D eigenvalue weighted by molar-refractivity contribution is -0.128. The summed E-state index contributed by atoms with van der Waals surface area (Å²) in [5.41, 5.74) is 2.54. The summed E-state index contributed by atoms with van der Waals surface area (Å²) in [5.74, 6) is -0.132. The van der Waals surface area contributed by atoms with Gasteiger partial charge in [0.1, 0.15) is 5.75 Å². The van der Waals surface area contributed by atoms with E-state index in [0.29, 0.717) is 29.2 Å². The molecule has 0 bridgehead atoms. The number of rotatable bonds is 8. The molecule has 0 spiro atoms. The quantitative estimate of drug-likeness (QED) is 0.508. The number of aryl methyl sites for hydroxylation is 1. The van der Waals surface area contributed by atoms with Gasteiger partial charge in [0.15, 0.2) is 0 Å². The molecule has 2 amide bonds. The second kappa shape index (κ2) is 10.6. The number of para-hydroxylation sites is 3. The van der Waals surface area contributed by atoms with Gasteiger partial charge in [0.2, 0.25) is 5.91 Å². The van der Waals surface area contributed by atoms with Crippen LogP contribution in [0.5, 0.6) is 5.75 Å².